The number of nitrogens with one attached hydrogen (secondary N) is 1. The fourth-order valence-electron chi connectivity index (χ4n) is 3.30. The third-order valence-corrected chi connectivity index (χ3v) is 4.71. The summed E-state index contributed by atoms with van der Waals surface area (Å²) in [5, 5.41) is 8.28. The van der Waals surface area contributed by atoms with Crippen LogP contribution < -0.4 is 11.3 Å². The topological polar surface area (TPSA) is 72.0 Å². The molecule has 20 heavy (non-hydrogen) atoms. The summed E-state index contributed by atoms with van der Waals surface area (Å²) in [4.78, 5) is 2.56. The summed E-state index contributed by atoms with van der Waals surface area (Å²) in [6.45, 7) is 9.86. The van der Waals surface area contributed by atoms with Crippen LogP contribution in [0.3, 0.4) is 0 Å². The van der Waals surface area contributed by atoms with Crippen molar-refractivity contribution in [1.29, 1.82) is 0 Å². The van der Waals surface area contributed by atoms with Gasteiger partial charge in [0.05, 0.1) is 17.9 Å². The average molecular weight is 280 g/mol. The summed E-state index contributed by atoms with van der Waals surface area (Å²) in [5.74, 6) is 5.91. The zero-order chi connectivity index (χ0) is 14.6. The predicted octanol–water partition coefficient (Wildman–Crippen LogP) is 1.46. The van der Waals surface area contributed by atoms with E-state index >= 15 is 0 Å². The van der Waals surface area contributed by atoms with Gasteiger partial charge in [0.15, 0.2) is 0 Å². The van der Waals surface area contributed by atoms with Crippen LogP contribution in [0.4, 0.5) is 0 Å². The molecule has 2 atom stereocenters. The quantitative estimate of drug-likeness (QED) is 0.584. The zero-order valence-electron chi connectivity index (χ0n) is 13.0. The monoisotopic (exact) mass is 280 g/mol. The predicted molar refractivity (Wildman–Crippen MR) is 79.9 cm³/mol. The summed E-state index contributed by atoms with van der Waals surface area (Å²) in [5.41, 5.74) is 4.12. The van der Waals surface area contributed by atoms with Crippen molar-refractivity contribution in [3.63, 3.8) is 0 Å². The van der Waals surface area contributed by atoms with E-state index in [1.807, 2.05) is 10.9 Å². The first kappa shape index (κ1) is 15.4. The molecule has 1 fully saturated rings. The zero-order valence-corrected chi connectivity index (χ0v) is 13.0. The van der Waals surface area contributed by atoms with Gasteiger partial charge in [0.1, 0.15) is 0 Å². The number of rotatable bonds is 7. The highest BCUT2D eigenvalue weighted by molar-refractivity contribution is 5.12. The molecule has 1 saturated heterocycles. The van der Waals surface area contributed by atoms with E-state index < -0.39 is 0 Å². The molecule has 6 heteroatoms. The maximum absolute atomic E-state index is 5.91. The van der Waals surface area contributed by atoms with Crippen LogP contribution in [0.25, 0.3) is 0 Å². The number of hydrogen-bond donors (Lipinski definition) is 2. The van der Waals surface area contributed by atoms with Crippen molar-refractivity contribution in [3.8, 4) is 0 Å². The van der Waals surface area contributed by atoms with Crippen LogP contribution in [-0.4, -0.2) is 38.5 Å². The molecule has 0 radical (unpaired) electrons. The molecule has 1 aliphatic heterocycles. The Morgan fingerprint density at radius 1 is 1.40 bits per heavy atom. The van der Waals surface area contributed by atoms with Crippen molar-refractivity contribution in [2.24, 2.45) is 5.84 Å². The van der Waals surface area contributed by atoms with Crippen LogP contribution >= 0.6 is 0 Å². The normalized spacial score (nSPS) is 21.0. The van der Waals surface area contributed by atoms with E-state index in [0.29, 0.717) is 0 Å². The summed E-state index contributed by atoms with van der Waals surface area (Å²) >= 11 is 0. The standard InChI is InChI=1S/C14H28N6/c1-4-8-20-12(11-16-18-20)13(17-15)14(3,5-2)19-9-6-7-10-19/h11,13,17H,4-10,15H2,1-3H3. The van der Waals surface area contributed by atoms with E-state index in [9.17, 15) is 0 Å². The molecule has 114 valence electrons. The number of hydrogen-bond acceptors (Lipinski definition) is 5. The number of hydrazine groups is 1. The minimum Gasteiger partial charge on any atom is -0.296 e. The number of likely N-dealkylation sites (tertiary alicyclic amines) is 1. The van der Waals surface area contributed by atoms with Gasteiger partial charge >= 0.3 is 0 Å². The fraction of sp³-hybridized carbons (Fsp3) is 0.857. The highest BCUT2D eigenvalue weighted by Gasteiger charge is 2.41. The Hall–Kier alpha value is -0.980. The van der Waals surface area contributed by atoms with Crippen LogP contribution in [-0.2, 0) is 6.54 Å². The molecule has 0 bridgehead atoms. The molecule has 2 rings (SSSR count). The van der Waals surface area contributed by atoms with E-state index in [1.165, 1.54) is 12.8 Å². The van der Waals surface area contributed by atoms with E-state index in [-0.39, 0.29) is 11.6 Å². The van der Waals surface area contributed by atoms with Crippen LogP contribution in [0, 0.1) is 0 Å². The molecule has 2 heterocycles. The molecule has 3 N–H and O–H groups in total. The molecule has 0 aromatic carbocycles. The summed E-state index contributed by atoms with van der Waals surface area (Å²) < 4.78 is 1.98. The van der Waals surface area contributed by atoms with Gasteiger partial charge in [-0.15, -0.1) is 5.10 Å². The number of nitrogens with two attached hydrogens (primary N) is 1. The van der Waals surface area contributed by atoms with E-state index in [2.05, 4.69) is 41.4 Å². The molecular formula is C14H28N6. The summed E-state index contributed by atoms with van der Waals surface area (Å²) in [7, 11) is 0. The molecule has 1 aromatic heterocycles. The molecule has 6 nitrogen and oxygen atoms in total. The lowest BCUT2D eigenvalue weighted by atomic mass is 9.86. The first-order chi connectivity index (χ1) is 9.67. The van der Waals surface area contributed by atoms with Crippen molar-refractivity contribution in [2.45, 2.75) is 64.6 Å². The number of aromatic nitrogens is 3. The molecular weight excluding hydrogens is 252 g/mol. The molecule has 2 unspecified atom stereocenters. The van der Waals surface area contributed by atoms with Gasteiger partial charge in [-0.05, 0) is 45.7 Å². The molecule has 1 aliphatic rings. The largest absolute Gasteiger partial charge is 0.296 e. The molecule has 1 aromatic rings. The maximum Gasteiger partial charge on any atom is 0.0826 e. The van der Waals surface area contributed by atoms with Crippen molar-refractivity contribution >= 4 is 0 Å². The van der Waals surface area contributed by atoms with Gasteiger partial charge < -0.3 is 0 Å². The third-order valence-electron chi connectivity index (χ3n) is 4.71. The van der Waals surface area contributed by atoms with Gasteiger partial charge in [-0.2, -0.15) is 0 Å². The Morgan fingerprint density at radius 3 is 2.65 bits per heavy atom. The molecule has 0 amide bonds. The van der Waals surface area contributed by atoms with Crippen LogP contribution in [0.1, 0.15) is 58.2 Å². The lowest BCUT2D eigenvalue weighted by Crippen LogP contribution is -2.55. The Morgan fingerprint density at radius 2 is 2.10 bits per heavy atom. The lowest BCUT2D eigenvalue weighted by molar-refractivity contribution is 0.0801. The van der Waals surface area contributed by atoms with Gasteiger partial charge in [-0.25, -0.2) is 10.1 Å². The third kappa shape index (κ3) is 2.73. The van der Waals surface area contributed by atoms with Crippen molar-refractivity contribution < 1.29 is 0 Å². The fourth-order valence-corrected chi connectivity index (χ4v) is 3.30. The van der Waals surface area contributed by atoms with Gasteiger partial charge in [0.2, 0.25) is 0 Å². The van der Waals surface area contributed by atoms with Crippen LogP contribution in [0.2, 0.25) is 0 Å². The summed E-state index contributed by atoms with van der Waals surface area (Å²) in [6.07, 6.45) is 6.49. The molecule has 0 saturated carbocycles. The SMILES string of the molecule is CCCn1nncc1C(NN)C(C)(CC)N1CCCC1. The van der Waals surface area contributed by atoms with Crippen molar-refractivity contribution in [2.75, 3.05) is 13.1 Å². The minimum absolute atomic E-state index is 0.00153. The average Bonchev–Trinajstić information content (AvgIpc) is 3.12. The Bertz CT molecular complexity index is 412. The van der Waals surface area contributed by atoms with Crippen molar-refractivity contribution in [3.05, 3.63) is 11.9 Å². The van der Waals surface area contributed by atoms with E-state index in [4.69, 9.17) is 5.84 Å². The summed E-state index contributed by atoms with van der Waals surface area (Å²) in [6, 6.07) is 0.0483. The number of aryl methyl sites for hydroxylation is 1. The van der Waals surface area contributed by atoms with Gasteiger partial charge in [0.25, 0.3) is 0 Å². The molecule has 0 aliphatic carbocycles. The first-order valence-electron chi connectivity index (χ1n) is 7.77. The highest BCUT2D eigenvalue weighted by Crippen LogP contribution is 2.35. The second-order valence-corrected chi connectivity index (χ2v) is 5.89. The maximum atomic E-state index is 5.91. The smallest absolute Gasteiger partial charge is 0.0826 e. The second-order valence-electron chi connectivity index (χ2n) is 5.89. The Kier molecular flexibility index (Phi) is 5.12. The van der Waals surface area contributed by atoms with E-state index in [1.54, 1.807) is 0 Å². The van der Waals surface area contributed by atoms with Gasteiger partial charge in [-0.1, -0.05) is 19.1 Å². The van der Waals surface area contributed by atoms with Gasteiger partial charge in [-0.3, -0.25) is 10.7 Å². The van der Waals surface area contributed by atoms with Gasteiger partial charge in [0, 0.05) is 12.1 Å². The first-order valence-corrected chi connectivity index (χ1v) is 7.77. The van der Waals surface area contributed by atoms with Crippen LogP contribution in [0.15, 0.2) is 6.20 Å². The lowest BCUT2D eigenvalue weighted by Gasteiger charge is -2.44. The number of nitrogens with zero attached hydrogens (tertiary/aromatic N) is 4. The second kappa shape index (κ2) is 6.65. The van der Waals surface area contributed by atoms with Crippen LogP contribution in [0.5, 0.6) is 0 Å². The highest BCUT2D eigenvalue weighted by atomic mass is 15.4. The molecule has 0 spiro atoms. The Labute approximate surface area is 121 Å². The minimum atomic E-state index is -0.00153. The van der Waals surface area contributed by atoms with E-state index in [0.717, 1.165) is 38.2 Å². The Balaban J connectivity index is 2.30. The van der Waals surface area contributed by atoms with Crippen molar-refractivity contribution in [1.82, 2.24) is 25.3 Å².